The topological polar surface area (TPSA) is 142 Å². The normalized spacial score (nSPS) is 15.4. The van der Waals surface area contributed by atoms with Crippen LogP contribution in [0.4, 0.5) is 0 Å². The Morgan fingerprint density at radius 2 is 1.06 bits per heavy atom. The molecular formula is C20H46N2O9S2Si. The number of quaternary nitrogens is 2. The number of hydrogen-bond donors (Lipinski definition) is 0. The van der Waals surface area contributed by atoms with E-state index in [0.29, 0.717) is 61.0 Å². The van der Waals surface area contributed by atoms with E-state index < -0.39 is 34.8 Å². The number of hydrogen-bond acceptors (Lipinski definition) is 9. The lowest BCUT2D eigenvalue weighted by Crippen LogP contribution is -2.54. The Kier molecular flexibility index (Phi) is 15.1. The minimum Gasteiger partial charge on any atom is -0.748 e. The van der Waals surface area contributed by atoms with Gasteiger partial charge in [-0.25, -0.2) is 16.8 Å². The highest BCUT2D eigenvalue weighted by Gasteiger charge is 2.40. The quantitative estimate of drug-likeness (QED) is 0.115. The van der Waals surface area contributed by atoms with Gasteiger partial charge in [0.2, 0.25) is 0 Å². The smallest absolute Gasteiger partial charge is 0.501 e. The Balaban J connectivity index is 5.24. The molecule has 0 rings (SSSR count). The highest BCUT2D eigenvalue weighted by Crippen LogP contribution is 2.20. The lowest BCUT2D eigenvalue weighted by atomic mass is 10.2. The first kappa shape index (κ1) is 33.8. The van der Waals surface area contributed by atoms with Crippen LogP contribution in [0.25, 0.3) is 0 Å². The lowest BCUT2D eigenvalue weighted by Gasteiger charge is -2.39. The summed E-state index contributed by atoms with van der Waals surface area (Å²) in [5.74, 6) is -0.795. The zero-order chi connectivity index (χ0) is 26.5. The third-order valence-electron chi connectivity index (χ3n) is 5.77. The third kappa shape index (κ3) is 16.5. The van der Waals surface area contributed by atoms with Gasteiger partial charge < -0.3 is 31.3 Å². The summed E-state index contributed by atoms with van der Waals surface area (Å²) in [4.78, 5) is 0. The summed E-state index contributed by atoms with van der Waals surface area (Å²) >= 11 is 0. The molecular weight excluding hydrogens is 504 g/mol. The average molecular weight is 551 g/mol. The molecule has 0 radical (unpaired) electrons. The molecule has 0 aliphatic rings. The largest absolute Gasteiger partial charge is 0.748 e. The SMILES string of the molecule is CCO[Si](CCC[N+](C)(CCCS(=O)(=O)[O-])CC[N+](C)(C)CCCS(=O)(=O)[O-])(OCC)OCC. The number of nitrogens with zero attached hydrogens (tertiary/aromatic N) is 2. The van der Waals surface area contributed by atoms with Crippen LogP contribution in [0.1, 0.15) is 40.0 Å². The first-order valence-corrected chi connectivity index (χ1v) is 17.0. The molecule has 1 atom stereocenters. The van der Waals surface area contributed by atoms with Crippen molar-refractivity contribution in [1.29, 1.82) is 0 Å². The fourth-order valence-corrected chi connectivity index (χ4v) is 7.49. The highest BCUT2D eigenvalue weighted by molar-refractivity contribution is 7.85. The maximum absolute atomic E-state index is 11.1. The maximum atomic E-state index is 11.1. The standard InChI is InChI=1S/C20H46N2O9S2Si/c1-7-29-34(30-8-2,31-9-3)20-12-15-22(6,14-11-19-33(26,27)28)17-16-21(4,5)13-10-18-32(23,24)25/h7-20H2,1-6H3. The van der Waals surface area contributed by atoms with Crippen LogP contribution in [0.5, 0.6) is 0 Å². The van der Waals surface area contributed by atoms with Gasteiger partial charge in [0.1, 0.15) is 13.1 Å². The van der Waals surface area contributed by atoms with Gasteiger partial charge in [-0.05, 0) is 20.8 Å². The van der Waals surface area contributed by atoms with Crippen molar-refractivity contribution in [2.45, 2.75) is 46.1 Å². The van der Waals surface area contributed by atoms with Crippen LogP contribution in [0, 0.1) is 0 Å². The molecule has 0 saturated heterocycles. The van der Waals surface area contributed by atoms with Gasteiger partial charge in [-0.15, -0.1) is 0 Å². The Morgan fingerprint density at radius 3 is 1.47 bits per heavy atom. The molecule has 11 nitrogen and oxygen atoms in total. The van der Waals surface area contributed by atoms with Gasteiger partial charge in [0, 0.05) is 56.6 Å². The van der Waals surface area contributed by atoms with E-state index in [1.54, 1.807) is 0 Å². The summed E-state index contributed by atoms with van der Waals surface area (Å²) in [6, 6.07) is 0.635. The monoisotopic (exact) mass is 550 g/mol. The molecule has 0 N–H and O–H groups in total. The maximum Gasteiger partial charge on any atom is 0.501 e. The fourth-order valence-electron chi connectivity index (χ4n) is 3.93. The van der Waals surface area contributed by atoms with Crippen molar-refractivity contribution in [2.24, 2.45) is 0 Å². The van der Waals surface area contributed by atoms with Crippen LogP contribution < -0.4 is 0 Å². The third-order valence-corrected chi connectivity index (χ3v) is 10.5. The van der Waals surface area contributed by atoms with E-state index in [0.717, 1.165) is 13.0 Å². The van der Waals surface area contributed by atoms with Crippen molar-refractivity contribution in [1.82, 2.24) is 0 Å². The molecule has 0 aliphatic heterocycles. The molecule has 1 unspecified atom stereocenters. The molecule has 0 bridgehead atoms. The summed E-state index contributed by atoms with van der Waals surface area (Å²) in [7, 11) is -5.34. The molecule has 34 heavy (non-hydrogen) atoms. The van der Waals surface area contributed by atoms with Crippen molar-refractivity contribution in [3.05, 3.63) is 0 Å². The number of rotatable bonds is 21. The van der Waals surface area contributed by atoms with Crippen LogP contribution in [0.3, 0.4) is 0 Å². The van der Waals surface area contributed by atoms with Crippen molar-refractivity contribution in [2.75, 3.05) is 85.2 Å². The number of likely N-dealkylation sites (N-methyl/N-ethyl adjacent to an activating group) is 2. The van der Waals surface area contributed by atoms with E-state index in [-0.39, 0.29) is 18.6 Å². The minimum absolute atomic E-state index is 0.259. The van der Waals surface area contributed by atoms with E-state index in [4.69, 9.17) is 13.3 Å². The minimum atomic E-state index is -4.29. The molecule has 0 aromatic heterocycles. The second kappa shape index (κ2) is 15.2. The summed E-state index contributed by atoms with van der Waals surface area (Å²) in [6.45, 7) is 10.3. The van der Waals surface area contributed by atoms with Crippen LogP contribution in [0.15, 0.2) is 0 Å². The van der Waals surface area contributed by atoms with Crippen molar-refractivity contribution < 1.29 is 48.2 Å². The molecule has 0 aromatic carbocycles. The van der Waals surface area contributed by atoms with Crippen molar-refractivity contribution >= 4 is 29.0 Å². The summed E-state index contributed by atoms with van der Waals surface area (Å²) in [6.07, 6.45) is 1.28. The molecule has 0 aliphatic carbocycles. The van der Waals surface area contributed by atoms with Gasteiger partial charge in [0.05, 0.1) is 61.0 Å². The Hall–Kier alpha value is -0.163. The van der Waals surface area contributed by atoms with Crippen LogP contribution in [-0.2, 0) is 33.5 Å². The predicted molar refractivity (Wildman–Crippen MR) is 131 cm³/mol. The first-order valence-electron chi connectivity index (χ1n) is 12.0. The second-order valence-corrected chi connectivity index (χ2v) is 15.3. The van der Waals surface area contributed by atoms with Crippen LogP contribution >= 0.6 is 0 Å². The van der Waals surface area contributed by atoms with Gasteiger partial charge in [0.15, 0.2) is 0 Å². The lowest BCUT2D eigenvalue weighted by molar-refractivity contribution is -0.955. The van der Waals surface area contributed by atoms with Gasteiger partial charge in [-0.1, -0.05) is 0 Å². The Labute approximate surface area is 208 Å². The fraction of sp³-hybridized carbons (Fsp3) is 1.00. The second-order valence-electron chi connectivity index (χ2n) is 9.49. The van der Waals surface area contributed by atoms with E-state index >= 15 is 0 Å². The zero-order valence-corrected chi connectivity index (χ0v) is 24.4. The van der Waals surface area contributed by atoms with Crippen molar-refractivity contribution in [3.8, 4) is 0 Å². The molecule has 14 heteroatoms. The first-order chi connectivity index (χ1) is 15.5. The van der Waals surface area contributed by atoms with E-state index in [1.807, 2.05) is 41.9 Å². The van der Waals surface area contributed by atoms with Gasteiger partial charge >= 0.3 is 8.80 Å². The molecule has 0 heterocycles. The molecule has 0 amide bonds. The molecule has 0 aromatic rings. The Bertz CT molecular complexity index is 762. The van der Waals surface area contributed by atoms with Crippen molar-refractivity contribution in [3.63, 3.8) is 0 Å². The average Bonchev–Trinajstić information content (AvgIpc) is 2.65. The predicted octanol–water partition coefficient (Wildman–Crippen LogP) is 0.819. The molecule has 0 spiro atoms. The van der Waals surface area contributed by atoms with E-state index in [1.165, 1.54) is 0 Å². The highest BCUT2D eigenvalue weighted by atomic mass is 32.2. The zero-order valence-electron chi connectivity index (χ0n) is 21.8. The van der Waals surface area contributed by atoms with Gasteiger partial charge in [0.25, 0.3) is 0 Å². The van der Waals surface area contributed by atoms with Crippen LogP contribution in [-0.4, -0.2) is 129 Å². The van der Waals surface area contributed by atoms with E-state index in [9.17, 15) is 25.9 Å². The summed E-state index contributed by atoms with van der Waals surface area (Å²) in [5, 5.41) is 0. The van der Waals surface area contributed by atoms with Gasteiger partial charge in [-0.2, -0.15) is 0 Å². The molecule has 206 valence electrons. The molecule has 0 fully saturated rings. The van der Waals surface area contributed by atoms with Crippen LogP contribution in [0.2, 0.25) is 6.04 Å². The van der Waals surface area contributed by atoms with E-state index in [2.05, 4.69) is 0 Å². The van der Waals surface area contributed by atoms with Gasteiger partial charge in [-0.3, -0.25) is 0 Å². The summed E-state index contributed by atoms with van der Waals surface area (Å²) in [5.41, 5.74) is 0. The summed E-state index contributed by atoms with van der Waals surface area (Å²) < 4.78 is 84.9. The Morgan fingerprint density at radius 1 is 0.647 bits per heavy atom. The molecule has 0 saturated carbocycles.